The molecule has 1 aliphatic rings. The number of carboxylic acid groups (broad SMARTS) is 1. The number of benzene rings is 1. The molecule has 0 atom stereocenters. The summed E-state index contributed by atoms with van der Waals surface area (Å²) in [6.07, 6.45) is 3.32. The first-order valence-electron chi connectivity index (χ1n) is 6.42. The molecular formula is C14H20N2O3. The molecule has 0 aliphatic heterocycles. The van der Waals surface area contributed by atoms with Gasteiger partial charge in [-0.25, -0.2) is 4.79 Å². The number of aromatic carboxylic acids is 1. The van der Waals surface area contributed by atoms with Gasteiger partial charge in [0.2, 0.25) is 0 Å². The summed E-state index contributed by atoms with van der Waals surface area (Å²) in [6, 6.07) is 4.82. The zero-order chi connectivity index (χ0) is 13.9. The topological polar surface area (TPSA) is 84.6 Å². The second-order valence-corrected chi connectivity index (χ2v) is 5.21. The number of methoxy groups -OCH3 is 1. The predicted molar refractivity (Wildman–Crippen MR) is 74.5 cm³/mol. The number of carbonyl (C=O) groups is 1. The minimum atomic E-state index is -0.941. The van der Waals surface area contributed by atoms with E-state index in [2.05, 4.69) is 5.32 Å². The highest BCUT2D eigenvalue weighted by molar-refractivity contribution is 5.95. The number of nitrogen functional groups attached to an aromatic ring is 1. The quantitative estimate of drug-likeness (QED) is 0.657. The molecule has 4 N–H and O–H groups in total. The average Bonchev–Trinajstić information content (AvgIpc) is 3.14. The van der Waals surface area contributed by atoms with Gasteiger partial charge in [-0.05, 0) is 42.9 Å². The van der Waals surface area contributed by atoms with E-state index >= 15 is 0 Å². The fourth-order valence-electron chi connectivity index (χ4n) is 2.19. The highest BCUT2D eigenvalue weighted by Gasteiger charge is 2.41. The number of hydrogen-bond donors (Lipinski definition) is 3. The van der Waals surface area contributed by atoms with Gasteiger partial charge in [-0.15, -0.1) is 0 Å². The van der Waals surface area contributed by atoms with Gasteiger partial charge in [0, 0.05) is 25.9 Å². The molecule has 1 fully saturated rings. The first-order valence-corrected chi connectivity index (χ1v) is 6.42. The molecule has 2 rings (SSSR count). The Bertz CT molecular complexity index is 470. The Hall–Kier alpha value is -1.75. The van der Waals surface area contributed by atoms with Gasteiger partial charge in [0.1, 0.15) is 0 Å². The maximum atomic E-state index is 11.1. The molecule has 0 spiro atoms. The summed E-state index contributed by atoms with van der Waals surface area (Å²) in [5, 5.41) is 12.4. The van der Waals surface area contributed by atoms with Gasteiger partial charge in [-0.2, -0.15) is 0 Å². The van der Waals surface area contributed by atoms with Crippen LogP contribution in [0.5, 0.6) is 0 Å². The number of nitrogens with two attached hydrogens (primary N) is 1. The summed E-state index contributed by atoms with van der Waals surface area (Å²) in [4.78, 5) is 11.1. The molecule has 1 aromatic rings. The monoisotopic (exact) mass is 264 g/mol. The first-order chi connectivity index (χ1) is 9.06. The van der Waals surface area contributed by atoms with Crippen LogP contribution in [0.1, 0.15) is 29.6 Å². The van der Waals surface area contributed by atoms with Gasteiger partial charge in [0.25, 0.3) is 0 Å². The lowest BCUT2D eigenvalue weighted by molar-refractivity contribution is 0.0698. The molecule has 0 unspecified atom stereocenters. The SMILES string of the molecule is COCCC1(CNc2cc(N)ccc2C(=O)O)CC1. The van der Waals surface area contributed by atoms with Crippen molar-refractivity contribution in [2.45, 2.75) is 19.3 Å². The van der Waals surface area contributed by atoms with Crippen LogP contribution in [0.2, 0.25) is 0 Å². The van der Waals surface area contributed by atoms with E-state index in [0.29, 0.717) is 11.4 Å². The Labute approximate surface area is 112 Å². The van der Waals surface area contributed by atoms with Crippen molar-refractivity contribution in [3.8, 4) is 0 Å². The number of nitrogens with one attached hydrogen (secondary N) is 1. The van der Waals surface area contributed by atoms with Crippen molar-refractivity contribution < 1.29 is 14.6 Å². The van der Waals surface area contributed by atoms with Gasteiger partial charge in [-0.1, -0.05) is 0 Å². The van der Waals surface area contributed by atoms with Crippen LogP contribution < -0.4 is 11.1 Å². The van der Waals surface area contributed by atoms with Gasteiger partial charge >= 0.3 is 5.97 Å². The predicted octanol–water partition coefficient (Wildman–Crippen LogP) is 2.20. The Morgan fingerprint density at radius 2 is 2.26 bits per heavy atom. The van der Waals surface area contributed by atoms with Crippen LogP contribution in [-0.2, 0) is 4.74 Å². The van der Waals surface area contributed by atoms with Crippen LogP contribution in [0.3, 0.4) is 0 Å². The molecular weight excluding hydrogens is 244 g/mol. The summed E-state index contributed by atoms with van der Waals surface area (Å²) in [6.45, 7) is 1.50. The third-order valence-corrected chi connectivity index (χ3v) is 3.72. The number of anilines is 2. The normalized spacial score (nSPS) is 16.1. The standard InChI is InChI=1S/C14H20N2O3/c1-19-7-6-14(4-5-14)9-16-12-8-10(15)2-3-11(12)13(17)18/h2-3,8,16H,4-7,9,15H2,1H3,(H,17,18). The zero-order valence-corrected chi connectivity index (χ0v) is 11.1. The van der Waals surface area contributed by atoms with E-state index in [4.69, 9.17) is 15.6 Å². The van der Waals surface area contributed by atoms with Crippen molar-refractivity contribution in [1.29, 1.82) is 0 Å². The van der Waals surface area contributed by atoms with E-state index in [1.54, 1.807) is 19.2 Å². The molecule has 5 nitrogen and oxygen atoms in total. The van der Waals surface area contributed by atoms with Crippen molar-refractivity contribution >= 4 is 17.3 Å². The lowest BCUT2D eigenvalue weighted by Gasteiger charge is -2.17. The Morgan fingerprint density at radius 1 is 1.53 bits per heavy atom. The minimum Gasteiger partial charge on any atom is -0.478 e. The van der Waals surface area contributed by atoms with Crippen molar-refractivity contribution in [3.05, 3.63) is 23.8 Å². The fourth-order valence-corrected chi connectivity index (χ4v) is 2.19. The smallest absolute Gasteiger partial charge is 0.337 e. The van der Waals surface area contributed by atoms with Crippen molar-refractivity contribution in [3.63, 3.8) is 0 Å². The Kier molecular flexibility index (Phi) is 3.95. The van der Waals surface area contributed by atoms with E-state index in [1.165, 1.54) is 6.07 Å². The summed E-state index contributed by atoms with van der Waals surface area (Å²) < 4.78 is 5.11. The fraction of sp³-hybridized carbons (Fsp3) is 0.500. The molecule has 0 radical (unpaired) electrons. The Morgan fingerprint density at radius 3 is 2.84 bits per heavy atom. The highest BCUT2D eigenvalue weighted by Crippen LogP contribution is 2.48. The maximum Gasteiger partial charge on any atom is 0.337 e. The van der Waals surface area contributed by atoms with E-state index in [0.717, 1.165) is 32.4 Å². The van der Waals surface area contributed by atoms with Gasteiger partial charge < -0.3 is 20.9 Å². The summed E-state index contributed by atoms with van der Waals surface area (Å²) in [7, 11) is 1.70. The largest absolute Gasteiger partial charge is 0.478 e. The molecule has 1 aromatic carbocycles. The summed E-state index contributed by atoms with van der Waals surface area (Å²) in [5.41, 5.74) is 7.39. The number of rotatable bonds is 7. The third-order valence-electron chi connectivity index (χ3n) is 3.72. The lowest BCUT2D eigenvalue weighted by atomic mass is 10.0. The van der Waals surface area contributed by atoms with Crippen LogP contribution in [0, 0.1) is 5.41 Å². The van der Waals surface area contributed by atoms with Crippen molar-refractivity contribution in [2.75, 3.05) is 31.3 Å². The van der Waals surface area contributed by atoms with E-state index in [1.807, 2.05) is 0 Å². The van der Waals surface area contributed by atoms with E-state index in [9.17, 15) is 4.79 Å². The second-order valence-electron chi connectivity index (χ2n) is 5.21. The molecule has 19 heavy (non-hydrogen) atoms. The van der Waals surface area contributed by atoms with Crippen LogP contribution in [0.25, 0.3) is 0 Å². The highest BCUT2D eigenvalue weighted by atomic mass is 16.5. The number of hydrogen-bond acceptors (Lipinski definition) is 4. The molecule has 0 saturated heterocycles. The average molecular weight is 264 g/mol. The van der Waals surface area contributed by atoms with Crippen LogP contribution in [0.4, 0.5) is 11.4 Å². The van der Waals surface area contributed by atoms with E-state index in [-0.39, 0.29) is 11.0 Å². The molecule has 104 valence electrons. The second kappa shape index (κ2) is 5.48. The first kappa shape index (κ1) is 13.7. The van der Waals surface area contributed by atoms with Crippen molar-refractivity contribution in [2.24, 2.45) is 5.41 Å². The zero-order valence-electron chi connectivity index (χ0n) is 11.1. The number of carboxylic acids is 1. The Balaban J connectivity index is 2.03. The maximum absolute atomic E-state index is 11.1. The van der Waals surface area contributed by atoms with E-state index < -0.39 is 5.97 Å². The minimum absolute atomic E-state index is 0.260. The van der Waals surface area contributed by atoms with Gasteiger partial charge in [0.15, 0.2) is 0 Å². The summed E-state index contributed by atoms with van der Waals surface area (Å²) in [5.74, 6) is -0.941. The third kappa shape index (κ3) is 3.38. The van der Waals surface area contributed by atoms with Crippen molar-refractivity contribution in [1.82, 2.24) is 0 Å². The molecule has 0 amide bonds. The molecule has 0 aromatic heterocycles. The summed E-state index contributed by atoms with van der Waals surface area (Å²) >= 11 is 0. The number of ether oxygens (including phenoxy) is 1. The van der Waals surface area contributed by atoms with Crippen LogP contribution in [-0.4, -0.2) is 31.3 Å². The molecule has 0 heterocycles. The van der Waals surface area contributed by atoms with Gasteiger partial charge in [0.05, 0.1) is 11.3 Å². The molecule has 1 aliphatic carbocycles. The lowest BCUT2D eigenvalue weighted by Crippen LogP contribution is -2.18. The molecule has 1 saturated carbocycles. The van der Waals surface area contributed by atoms with Crippen LogP contribution >= 0.6 is 0 Å². The molecule has 0 bridgehead atoms. The van der Waals surface area contributed by atoms with Gasteiger partial charge in [-0.3, -0.25) is 0 Å². The molecule has 5 heteroatoms. The van der Waals surface area contributed by atoms with Crippen LogP contribution in [0.15, 0.2) is 18.2 Å².